The summed E-state index contributed by atoms with van der Waals surface area (Å²) in [6.45, 7) is -0.269. The van der Waals surface area contributed by atoms with Crippen LogP contribution in [-0.4, -0.2) is 37.7 Å². The second-order valence-electron chi connectivity index (χ2n) is 6.01. The molecule has 0 unspecified atom stereocenters. The number of rotatable bonds is 10. The fourth-order valence-electron chi connectivity index (χ4n) is 2.25. The van der Waals surface area contributed by atoms with Crippen molar-refractivity contribution in [1.82, 2.24) is 5.43 Å². The first kappa shape index (κ1) is 22.9. The quantitative estimate of drug-likeness (QED) is 0.357. The van der Waals surface area contributed by atoms with Gasteiger partial charge >= 0.3 is 0 Å². The summed E-state index contributed by atoms with van der Waals surface area (Å²) in [6.07, 6.45) is 1.43. The molecule has 0 radical (unpaired) electrons. The van der Waals surface area contributed by atoms with Crippen LogP contribution < -0.4 is 25.9 Å². The number of carbonyl (C=O) groups excluding carboxylic acids is 3. The Bertz CT molecular complexity index is 931. The number of hydrazone groups is 1. The molecule has 9 nitrogen and oxygen atoms in total. The topological polar surface area (TPSA) is 132 Å². The van der Waals surface area contributed by atoms with Crippen molar-refractivity contribution in [2.24, 2.45) is 10.8 Å². The van der Waals surface area contributed by atoms with Crippen LogP contribution >= 0.6 is 15.9 Å². The number of halogens is 1. The standard InChI is InChI=1S/C20H21BrN4O5/c1-29-17-10-13(2-7-16(17)30-12-18(22)26)11-23-25-20(28)9-8-19(27)24-15-5-3-14(21)4-6-15/h2-7,10-11H,8-9,12H2,1H3,(H2,22,26)(H,24,27)(H,25,28)/b23-11+. The zero-order valence-electron chi connectivity index (χ0n) is 16.2. The first-order valence-electron chi connectivity index (χ1n) is 8.84. The van der Waals surface area contributed by atoms with Crippen molar-refractivity contribution in [3.05, 3.63) is 52.5 Å². The molecule has 0 aliphatic rings. The van der Waals surface area contributed by atoms with Gasteiger partial charge in [-0.15, -0.1) is 0 Å². The lowest BCUT2D eigenvalue weighted by Crippen LogP contribution is -2.20. The van der Waals surface area contributed by atoms with Gasteiger partial charge in [0.25, 0.3) is 5.91 Å². The molecule has 2 aromatic carbocycles. The normalized spacial score (nSPS) is 10.5. The Balaban J connectivity index is 1.80. The third kappa shape index (κ3) is 7.92. The first-order chi connectivity index (χ1) is 14.4. The molecule has 0 aliphatic heterocycles. The van der Waals surface area contributed by atoms with E-state index < -0.39 is 11.8 Å². The van der Waals surface area contributed by atoms with E-state index in [9.17, 15) is 14.4 Å². The summed E-state index contributed by atoms with van der Waals surface area (Å²) in [6, 6.07) is 12.0. The van der Waals surface area contributed by atoms with E-state index in [-0.39, 0.29) is 25.4 Å². The number of nitrogens with zero attached hydrogens (tertiary/aromatic N) is 1. The third-order valence-electron chi connectivity index (χ3n) is 3.67. The molecule has 0 fully saturated rings. The van der Waals surface area contributed by atoms with Crippen molar-refractivity contribution in [2.45, 2.75) is 12.8 Å². The Morgan fingerprint density at radius 2 is 1.77 bits per heavy atom. The molecule has 0 saturated heterocycles. The second kappa shape index (κ2) is 11.6. The summed E-state index contributed by atoms with van der Waals surface area (Å²) in [4.78, 5) is 34.6. The number of primary amides is 1. The van der Waals surface area contributed by atoms with Crippen LogP contribution in [0.3, 0.4) is 0 Å². The van der Waals surface area contributed by atoms with Crippen LogP contribution in [0.25, 0.3) is 0 Å². The van der Waals surface area contributed by atoms with Crippen molar-refractivity contribution in [3.63, 3.8) is 0 Å². The summed E-state index contributed by atoms with van der Waals surface area (Å²) >= 11 is 3.32. The predicted molar refractivity (Wildman–Crippen MR) is 115 cm³/mol. The summed E-state index contributed by atoms with van der Waals surface area (Å²) in [5.74, 6) is -0.528. The average Bonchev–Trinajstić information content (AvgIpc) is 2.72. The van der Waals surface area contributed by atoms with E-state index >= 15 is 0 Å². The van der Waals surface area contributed by atoms with Crippen LogP contribution in [0.5, 0.6) is 11.5 Å². The van der Waals surface area contributed by atoms with Gasteiger partial charge in [-0.25, -0.2) is 5.43 Å². The van der Waals surface area contributed by atoms with Gasteiger partial charge in [0.05, 0.1) is 13.3 Å². The van der Waals surface area contributed by atoms with E-state index in [0.29, 0.717) is 22.7 Å². The Morgan fingerprint density at radius 3 is 2.43 bits per heavy atom. The number of nitrogens with two attached hydrogens (primary N) is 1. The van der Waals surface area contributed by atoms with Gasteiger partial charge in [-0.3, -0.25) is 14.4 Å². The fourth-order valence-corrected chi connectivity index (χ4v) is 2.52. The fraction of sp³-hybridized carbons (Fsp3) is 0.200. The zero-order chi connectivity index (χ0) is 21.9. The van der Waals surface area contributed by atoms with Gasteiger partial charge < -0.3 is 20.5 Å². The summed E-state index contributed by atoms with van der Waals surface area (Å²) in [7, 11) is 1.45. The molecule has 4 N–H and O–H groups in total. The predicted octanol–water partition coefficient (Wildman–Crippen LogP) is 2.19. The molecular formula is C20H21BrN4O5. The Morgan fingerprint density at radius 1 is 1.07 bits per heavy atom. The molecule has 3 amide bonds. The maximum atomic E-state index is 11.9. The number of carbonyl (C=O) groups is 3. The van der Waals surface area contributed by atoms with Crippen LogP contribution in [0, 0.1) is 0 Å². The Hall–Kier alpha value is -3.40. The lowest BCUT2D eigenvalue weighted by molar-refractivity contribution is -0.124. The first-order valence-corrected chi connectivity index (χ1v) is 9.63. The average molecular weight is 477 g/mol. The zero-order valence-corrected chi connectivity index (χ0v) is 17.8. The number of amides is 3. The molecule has 0 heterocycles. The SMILES string of the molecule is COc1cc(/C=N/NC(=O)CCC(=O)Nc2ccc(Br)cc2)ccc1OCC(N)=O. The highest BCUT2D eigenvalue weighted by molar-refractivity contribution is 9.10. The Labute approximate surface area is 181 Å². The second-order valence-corrected chi connectivity index (χ2v) is 6.93. The van der Waals surface area contributed by atoms with Crippen molar-refractivity contribution in [3.8, 4) is 11.5 Å². The molecule has 0 atom stereocenters. The summed E-state index contributed by atoms with van der Waals surface area (Å²) in [5, 5.41) is 6.57. The number of hydrogen-bond acceptors (Lipinski definition) is 6. The third-order valence-corrected chi connectivity index (χ3v) is 4.20. The van der Waals surface area contributed by atoms with Crippen molar-refractivity contribution in [2.75, 3.05) is 19.0 Å². The number of hydrogen-bond donors (Lipinski definition) is 3. The number of nitrogens with one attached hydrogen (secondary N) is 2. The van der Waals surface area contributed by atoms with E-state index in [4.69, 9.17) is 15.2 Å². The van der Waals surface area contributed by atoms with Gasteiger partial charge in [0.2, 0.25) is 11.8 Å². The van der Waals surface area contributed by atoms with Crippen LogP contribution in [0.1, 0.15) is 18.4 Å². The molecule has 10 heteroatoms. The maximum absolute atomic E-state index is 11.9. The molecule has 2 rings (SSSR count). The van der Waals surface area contributed by atoms with Crippen LogP contribution in [0.2, 0.25) is 0 Å². The number of benzene rings is 2. The molecule has 0 aliphatic carbocycles. The summed E-state index contributed by atoms with van der Waals surface area (Å²) in [5.41, 5.74) is 8.69. The van der Waals surface area contributed by atoms with E-state index in [1.165, 1.54) is 13.3 Å². The molecule has 2 aromatic rings. The molecule has 30 heavy (non-hydrogen) atoms. The highest BCUT2D eigenvalue weighted by Crippen LogP contribution is 2.27. The van der Waals surface area contributed by atoms with Gasteiger partial charge in [0.15, 0.2) is 18.1 Å². The van der Waals surface area contributed by atoms with Gasteiger partial charge in [0.1, 0.15) is 0 Å². The molecule has 0 aromatic heterocycles. The molecule has 0 saturated carbocycles. The monoisotopic (exact) mass is 476 g/mol. The minimum Gasteiger partial charge on any atom is -0.493 e. The van der Waals surface area contributed by atoms with Gasteiger partial charge in [-0.2, -0.15) is 5.10 Å². The van der Waals surface area contributed by atoms with Crippen LogP contribution in [0.4, 0.5) is 5.69 Å². The minimum absolute atomic E-state index is 0.0110. The van der Waals surface area contributed by atoms with E-state index in [2.05, 4.69) is 31.8 Å². The van der Waals surface area contributed by atoms with Gasteiger partial charge in [0, 0.05) is 23.0 Å². The van der Waals surface area contributed by atoms with Gasteiger partial charge in [-0.05, 0) is 48.0 Å². The smallest absolute Gasteiger partial charge is 0.255 e. The van der Waals surface area contributed by atoms with Crippen molar-refractivity contribution >= 4 is 45.6 Å². The molecule has 0 spiro atoms. The highest BCUT2D eigenvalue weighted by atomic mass is 79.9. The maximum Gasteiger partial charge on any atom is 0.255 e. The van der Waals surface area contributed by atoms with E-state index in [0.717, 1.165) is 4.47 Å². The van der Waals surface area contributed by atoms with Crippen molar-refractivity contribution < 1.29 is 23.9 Å². The van der Waals surface area contributed by atoms with E-state index in [1.54, 1.807) is 30.3 Å². The lowest BCUT2D eigenvalue weighted by atomic mass is 10.2. The van der Waals surface area contributed by atoms with Crippen LogP contribution in [-0.2, 0) is 14.4 Å². The molecule has 0 bridgehead atoms. The van der Waals surface area contributed by atoms with Crippen LogP contribution in [0.15, 0.2) is 52.0 Å². The minimum atomic E-state index is -0.601. The van der Waals surface area contributed by atoms with Crippen molar-refractivity contribution in [1.29, 1.82) is 0 Å². The number of methoxy groups -OCH3 is 1. The summed E-state index contributed by atoms with van der Waals surface area (Å²) < 4.78 is 11.3. The largest absolute Gasteiger partial charge is 0.493 e. The molecular weight excluding hydrogens is 456 g/mol. The van der Waals surface area contributed by atoms with E-state index in [1.807, 2.05) is 12.1 Å². The van der Waals surface area contributed by atoms with Gasteiger partial charge in [-0.1, -0.05) is 15.9 Å². The molecule has 158 valence electrons. The number of anilines is 1. The lowest BCUT2D eigenvalue weighted by Gasteiger charge is -2.09. The highest BCUT2D eigenvalue weighted by Gasteiger charge is 2.08. The Kier molecular flexibility index (Phi) is 8.82. The number of ether oxygens (including phenoxy) is 2.